The first kappa shape index (κ1) is 26.3. The number of sulfonamides is 1. The minimum absolute atomic E-state index is 0.116. The van der Waals surface area contributed by atoms with E-state index in [9.17, 15) is 13.5 Å². The highest BCUT2D eigenvalue weighted by Crippen LogP contribution is 2.62. The van der Waals surface area contributed by atoms with Gasteiger partial charge >= 0.3 is 0 Å². The monoisotopic (exact) mass is 564 g/mol. The lowest BCUT2D eigenvalue weighted by Crippen LogP contribution is -2.61. The van der Waals surface area contributed by atoms with Gasteiger partial charge in [0.15, 0.2) is 0 Å². The van der Waals surface area contributed by atoms with Crippen LogP contribution >= 0.6 is 0 Å². The first-order valence-electron chi connectivity index (χ1n) is 14.6. The van der Waals surface area contributed by atoms with Gasteiger partial charge in [0, 0.05) is 23.7 Å². The molecule has 0 spiro atoms. The van der Waals surface area contributed by atoms with Gasteiger partial charge in [0.05, 0.1) is 35.3 Å². The molecule has 4 saturated carbocycles. The van der Waals surface area contributed by atoms with Crippen molar-refractivity contribution in [3.05, 3.63) is 72.4 Å². The van der Waals surface area contributed by atoms with Crippen molar-refractivity contribution in [2.45, 2.75) is 68.0 Å². The molecule has 40 heavy (non-hydrogen) atoms. The fourth-order valence-electron chi connectivity index (χ4n) is 8.77. The molecule has 4 fully saturated rings. The van der Waals surface area contributed by atoms with Gasteiger partial charge in [-0.05, 0) is 92.9 Å². The van der Waals surface area contributed by atoms with Crippen LogP contribution in [0.5, 0.6) is 0 Å². The molecule has 3 aromatic rings. The number of aliphatic hydroxyl groups is 1. The minimum Gasteiger partial charge on any atom is -0.392 e. The number of fused-ring (bicyclic) bond motifs is 3. The summed E-state index contributed by atoms with van der Waals surface area (Å²) in [6.45, 7) is 1.16. The van der Waals surface area contributed by atoms with Crippen LogP contribution in [0.4, 0.5) is 4.39 Å². The Morgan fingerprint density at radius 2 is 1.82 bits per heavy atom. The molecule has 4 unspecified atom stereocenters. The topological polar surface area (TPSA) is 96.2 Å². The zero-order valence-electron chi connectivity index (χ0n) is 22.5. The standard InChI is InChI=1S/C31H37FN4O3S/c32-25-9-4-8-24-27-18-33-19-36(27)26(29(24)25)14-28(37)31-15-20-12-21(16-31)30(22(13-20)17-31)34-10-5-11-35-40(38,39)23-6-2-1-3-7-23/h1-4,6-9,18-22,26,28,30,34-35,37H,5,10-17H2. The number of halogens is 1. The van der Waals surface area contributed by atoms with Crippen molar-refractivity contribution in [2.75, 3.05) is 13.1 Å². The molecule has 0 radical (unpaired) electrons. The van der Waals surface area contributed by atoms with Crippen LogP contribution in [0.1, 0.15) is 56.6 Å². The molecule has 4 aliphatic carbocycles. The Bertz CT molecular complexity index is 1480. The molecular weight excluding hydrogens is 527 g/mol. The van der Waals surface area contributed by atoms with E-state index in [-0.39, 0.29) is 17.3 Å². The van der Waals surface area contributed by atoms with Crippen LogP contribution in [-0.2, 0) is 10.0 Å². The molecule has 0 saturated heterocycles. The van der Waals surface area contributed by atoms with Crippen LogP contribution in [0.15, 0.2) is 66.0 Å². The average molecular weight is 565 g/mol. The molecule has 4 bridgehead atoms. The Kier molecular flexibility index (Phi) is 6.61. The normalized spacial score (nSPS) is 30.8. The van der Waals surface area contributed by atoms with Crippen LogP contribution in [0.25, 0.3) is 11.3 Å². The van der Waals surface area contributed by atoms with Gasteiger partial charge < -0.3 is 15.0 Å². The quantitative estimate of drug-likeness (QED) is 0.315. The number of aliphatic hydroxyl groups excluding tert-OH is 1. The van der Waals surface area contributed by atoms with Crippen molar-refractivity contribution in [2.24, 2.45) is 23.2 Å². The Hall–Kier alpha value is -2.59. The predicted molar refractivity (Wildman–Crippen MR) is 150 cm³/mol. The second kappa shape index (κ2) is 10.0. The maximum absolute atomic E-state index is 15.0. The molecule has 0 amide bonds. The third-order valence-corrected chi connectivity index (χ3v) is 11.7. The van der Waals surface area contributed by atoms with E-state index in [2.05, 4.69) is 15.0 Å². The molecule has 1 aliphatic heterocycles. The van der Waals surface area contributed by atoms with Crippen molar-refractivity contribution in [1.82, 2.24) is 19.6 Å². The molecule has 5 aliphatic rings. The van der Waals surface area contributed by atoms with Gasteiger partial charge in [-0.15, -0.1) is 0 Å². The fraction of sp³-hybridized carbons (Fsp3) is 0.516. The molecule has 7 nitrogen and oxygen atoms in total. The number of nitrogens with one attached hydrogen (secondary N) is 2. The van der Waals surface area contributed by atoms with Crippen molar-refractivity contribution < 1.29 is 17.9 Å². The predicted octanol–water partition coefficient (Wildman–Crippen LogP) is 4.50. The smallest absolute Gasteiger partial charge is 0.240 e. The van der Waals surface area contributed by atoms with E-state index >= 15 is 4.39 Å². The molecular formula is C31H37FN4O3S. The van der Waals surface area contributed by atoms with Crippen molar-refractivity contribution in [1.29, 1.82) is 0 Å². The van der Waals surface area contributed by atoms with E-state index in [4.69, 9.17) is 0 Å². The molecule has 1 aromatic heterocycles. The second-order valence-electron chi connectivity index (χ2n) is 12.5. The summed E-state index contributed by atoms with van der Waals surface area (Å²) in [5.74, 6) is 1.45. The lowest BCUT2D eigenvalue weighted by atomic mass is 9.46. The summed E-state index contributed by atoms with van der Waals surface area (Å²) in [7, 11) is -3.48. The van der Waals surface area contributed by atoms with Gasteiger partial charge in [0.25, 0.3) is 0 Å². The van der Waals surface area contributed by atoms with E-state index in [1.54, 1.807) is 48.9 Å². The van der Waals surface area contributed by atoms with Crippen LogP contribution in [0.3, 0.4) is 0 Å². The Balaban J connectivity index is 0.983. The number of hydrogen-bond acceptors (Lipinski definition) is 5. The van der Waals surface area contributed by atoms with Crippen LogP contribution in [0.2, 0.25) is 0 Å². The highest BCUT2D eigenvalue weighted by Gasteiger charge is 2.58. The van der Waals surface area contributed by atoms with Gasteiger partial charge in [-0.2, -0.15) is 0 Å². The van der Waals surface area contributed by atoms with Gasteiger partial charge in [-0.25, -0.2) is 22.5 Å². The van der Waals surface area contributed by atoms with Crippen LogP contribution in [0, 0.1) is 29.0 Å². The van der Waals surface area contributed by atoms with E-state index in [0.29, 0.717) is 47.2 Å². The summed E-state index contributed by atoms with van der Waals surface area (Å²) in [5.41, 5.74) is 2.38. The summed E-state index contributed by atoms with van der Waals surface area (Å²) >= 11 is 0. The van der Waals surface area contributed by atoms with E-state index < -0.39 is 16.1 Å². The zero-order chi connectivity index (χ0) is 27.5. The molecule has 2 aromatic carbocycles. The summed E-state index contributed by atoms with van der Waals surface area (Å²) in [4.78, 5) is 4.61. The molecule has 9 heteroatoms. The molecule has 3 N–H and O–H groups in total. The maximum Gasteiger partial charge on any atom is 0.240 e. The van der Waals surface area contributed by atoms with Gasteiger partial charge in [-0.3, -0.25) is 0 Å². The van der Waals surface area contributed by atoms with E-state index in [0.717, 1.165) is 43.5 Å². The van der Waals surface area contributed by atoms with Gasteiger partial charge in [-0.1, -0.05) is 30.3 Å². The number of imidazole rings is 1. The number of rotatable bonds is 10. The van der Waals surface area contributed by atoms with Crippen molar-refractivity contribution in [3.63, 3.8) is 0 Å². The summed E-state index contributed by atoms with van der Waals surface area (Å²) in [5, 5.41) is 15.6. The lowest BCUT2D eigenvalue weighted by Gasteiger charge is -2.62. The fourth-order valence-corrected chi connectivity index (χ4v) is 9.86. The maximum atomic E-state index is 15.0. The third kappa shape index (κ3) is 4.42. The van der Waals surface area contributed by atoms with Crippen LogP contribution in [-0.4, -0.2) is 48.3 Å². The van der Waals surface area contributed by atoms with Gasteiger partial charge in [0.2, 0.25) is 10.0 Å². The number of benzene rings is 2. The number of aromatic nitrogens is 2. The van der Waals surface area contributed by atoms with Crippen molar-refractivity contribution in [3.8, 4) is 11.3 Å². The van der Waals surface area contributed by atoms with Crippen molar-refractivity contribution >= 4 is 10.0 Å². The summed E-state index contributed by atoms with van der Waals surface area (Å²) in [6.07, 6.45) is 9.71. The molecule has 212 valence electrons. The van der Waals surface area contributed by atoms with Crippen LogP contribution < -0.4 is 10.0 Å². The molecule has 8 rings (SSSR count). The summed E-state index contributed by atoms with van der Waals surface area (Å²) < 4.78 is 44.7. The van der Waals surface area contributed by atoms with Gasteiger partial charge in [0.1, 0.15) is 5.82 Å². The SMILES string of the molecule is O=S(=O)(NCCCNC1C2CC3CC1CC(C(O)CC1c4c(F)cccc4-c4cncn41)(C3)C2)c1ccccc1. The summed E-state index contributed by atoms with van der Waals surface area (Å²) in [6, 6.07) is 13.9. The highest BCUT2D eigenvalue weighted by molar-refractivity contribution is 7.89. The Morgan fingerprint density at radius 3 is 2.60 bits per heavy atom. The zero-order valence-corrected chi connectivity index (χ0v) is 23.4. The minimum atomic E-state index is -3.48. The second-order valence-corrected chi connectivity index (χ2v) is 14.3. The highest BCUT2D eigenvalue weighted by atomic mass is 32.2. The van der Waals surface area contributed by atoms with E-state index in [1.165, 1.54) is 18.9 Å². The Labute approximate surface area is 235 Å². The Morgan fingerprint density at radius 1 is 1.05 bits per heavy atom. The van der Waals surface area contributed by atoms with E-state index in [1.807, 2.05) is 10.6 Å². The average Bonchev–Trinajstić information content (AvgIpc) is 3.53. The first-order valence-corrected chi connectivity index (χ1v) is 16.1. The third-order valence-electron chi connectivity index (χ3n) is 10.2. The number of nitrogens with zero attached hydrogens (tertiary/aromatic N) is 2. The number of hydrogen-bond donors (Lipinski definition) is 3. The molecule has 4 atom stereocenters. The lowest BCUT2D eigenvalue weighted by molar-refractivity contribution is -0.137. The first-order chi connectivity index (χ1) is 19.3. The largest absolute Gasteiger partial charge is 0.392 e. The molecule has 2 heterocycles.